The van der Waals surface area contributed by atoms with Crippen LogP contribution in [-0.2, 0) is 0 Å². The fourth-order valence-corrected chi connectivity index (χ4v) is 1.61. The molecule has 0 spiro atoms. The number of urea groups is 1. The molecule has 100 valence electrons. The number of benzene rings is 2. The summed E-state index contributed by atoms with van der Waals surface area (Å²) in [5.41, 5.74) is 1.21. The Labute approximate surface area is 116 Å². The smallest absolute Gasteiger partial charge is 0.323 e. The highest BCUT2D eigenvalue weighted by Gasteiger charge is 2.07. The molecular weight excluding hydrogens is 254 g/mol. The third-order valence-electron chi connectivity index (χ3n) is 2.46. The van der Waals surface area contributed by atoms with Crippen molar-refractivity contribution in [1.29, 1.82) is 5.26 Å². The molecule has 0 aliphatic rings. The summed E-state index contributed by atoms with van der Waals surface area (Å²) in [6, 6.07) is 17.6. The number of nitriles is 1. The maximum absolute atomic E-state index is 11.9. The minimum atomic E-state index is -0.371. The minimum Gasteiger partial charge on any atom is -0.477 e. The van der Waals surface area contributed by atoms with E-state index in [4.69, 9.17) is 10.00 Å². The molecule has 0 unspecified atom stereocenters. The summed E-state index contributed by atoms with van der Waals surface area (Å²) in [6.45, 7) is -0.0704. The second-order valence-electron chi connectivity index (χ2n) is 3.89. The number of nitrogens with zero attached hydrogens (tertiary/aromatic N) is 1. The molecule has 0 bridgehead atoms. The van der Waals surface area contributed by atoms with Gasteiger partial charge in [0, 0.05) is 5.69 Å². The molecule has 0 atom stereocenters. The van der Waals surface area contributed by atoms with E-state index in [1.54, 1.807) is 36.4 Å². The topological polar surface area (TPSA) is 74.1 Å². The van der Waals surface area contributed by atoms with Gasteiger partial charge in [-0.2, -0.15) is 5.26 Å². The Hall–Kier alpha value is -3.00. The first-order valence-electron chi connectivity index (χ1n) is 6.01. The van der Waals surface area contributed by atoms with Crippen LogP contribution in [0.3, 0.4) is 0 Å². The Balaban J connectivity index is 2.02. The lowest BCUT2D eigenvalue weighted by Gasteiger charge is -2.11. The van der Waals surface area contributed by atoms with Gasteiger partial charge in [0.25, 0.3) is 0 Å². The predicted molar refractivity (Wildman–Crippen MR) is 76.6 cm³/mol. The van der Waals surface area contributed by atoms with E-state index in [0.717, 1.165) is 0 Å². The van der Waals surface area contributed by atoms with Gasteiger partial charge in [-0.15, -0.1) is 0 Å². The number of amides is 2. The number of nitrogens with one attached hydrogen (secondary N) is 2. The number of anilines is 2. The van der Waals surface area contributed by atoms with Gasteiger partial charge in [-0.1, -0.05) is 30.3 Å². The van der Waals surface area contributed by atoms with Crippen LogP contribution in [0.4, 0.5) is 16.2 Å². The van der Waals surface area contributed by atoms with E-state index in [1.165, 1.54) is 0 Å². The SMILES string of the molecule is N#CCOc1ccccc1NC(=O)Nc1ccccc1. The van der Waals surface area contributed by atoms with Gasteiger partial charge in [0.15, 0.2) is 6.61 Å². The van der Waals surface area contributed by atoms with Crippen molar-refractivity contribution in [2.75, 3.05) is 17.2 Å². The number of ether oxygens (including phenoxy) is 1. The second kappa shape index (κ2) is 6.81. The van der Waals surface area contributed by atoms with E-state index in [2.05, 4.69) is 10.6 Å². The summed E-state index contributed by atoms with van der Waals surface area (Å²) in [5, 5.41) is 13.9. The number of hydrogen-bond acceptors (Lipinski definition) is 3. The average Bonchev–Trinajstić information content (AvgIpc) is 2.47. The first kappa shape index (κ1) is 13.4. The van der Waals surface area contributed by atoms with Gasteiger partial charge in [-0.25, -0.2) is 4.79 Å². The molecule has 0 fully saturated rings. The van der Waals surface area contributed by atoms with E-state index in [0.29, 0.717) is 17.1 Å². The fourth-order valence-electron chi connectivity index (χ4n) is 1.61. The minimum absolute atomic E-state index is 0.0704. The monoisotopic (exact) mass is 267 g/mol. The van der Waals surface area contributed by atoms with E-state index in [-0.39, 0.29) is 12.6 Å². The van der Waals surface area contributed by atoms with Crippen molar-refractivity contribution in [2.45, 2.75) is 0 Å². The molecule has 2 aromatic carbocycles. The molecular formula is C15H13N3O2. The standard InChI is InChI=1S/C15H13N3O2/c16-10-11-20-14-9-5-4-8-13(14)18-15(19)17-12-6-2-1-3-7-12/h1-9H,11H2,(H2,17,18,19). The van der Waals surface area contributed by atoms with Gasteiger partial charge in [0.2, 0.25) is 0 Å². The molecule has 5 heteroatoms. The third kappa shape index (κ3) is 3.75. The molecule has 0 saturated carbocycles. The molecule has 0 aliphatic carbocycles. The predicted octanol–water partition coefficient (Wildman–Crippen LogP) is 3.23. The van der Waals surface area contributed by atoms with Gasteiger partial charge in [-0.3, -0.25) is 0 Å². The Morgan fingerprint density at radius 1 is 1.05 bits per heavy atom. The zero-order valence-corrected chi connectivity index (χ0v) is 10.7. The van der Waals surface area contributed by atoms with Gasteiger partial charge in [0.05, 0.1) is 5.69 Å². The van der Waals surface area contributed by atoms with Crippen LogP contribution in [0, 0.1) is 11.3 Å². The van der Waals surface area contributed by atoms with Gasteiger partial charge >= 0.3 is 6.03 Å². The Morgan fingerprint density at radius 2 is 1.75 bits per heavy atom. The van der Waals surface area contributed by atoms with E-state index < -0.39 is 0 Å². The summed E-state index contributed by atoms with van der Waals surface area (Å²) in [6.07, 6.45) is 0. The summed E-state index contributed by atoms with van der Waals surface area (Å²) in [5.74, 6) is 0.456. The van der Waals surface area contributed by atoms with Crippen LogP contribution in [0.15, 0.2) is 54.6 Å². The highest BCUT2D eigenvalue weighted by Crippen LogP contribution is 2.23. The molecule has 2 N–H and O–H groups in total. The highest BCUT2D eigenvalue weighted by molar-refractivity contribution is 6.00. The zero-order chi connectivity index (χ0) is 14.2. The summed E-state index contributed by atoms with van der Waals surface area (Å²) >= 11 is 0. The average molecular weight is 267 g/mol. The molecule has 0 radical (unpaired) electrons. The Morgan fingerprint density at radius 3 is 2.50 bits per heavy atom. The number of rotatable bonds is 4. The molecule has 0 saturated heterocycles. The molecule has 5 nitrogen and oxygen atoms in total. The maximum Gasteiger partial charge on any atom is 0.323 e. The van der Waals surface area contributed by atoms with E-state index in [9.17, 15) is 4.79 Å². The molecule has 2 amide bonds. The summed E-state index contributed by atoms with van der Waals surface area (Å²) in [7, 11) is 0. The van der Waals surface area contributed by atoms with Crippen molar-refractivity contribution >= 4 is 17.4 Å². The lowest BCUT2D eigenvalue weighted by molar-refractivity contribution is 0.262. The van der Waals surface area contributed by atoms with E-state index >= 15 is 0 Å². The van der Waals surface area contributed by atoms with Crippen molar-refractivity contribution in [1.82, 2.24) is 0 Å². The zero-order valence-electron chi connectivity index (χ0n) is 10.7. The Bertz CT molecular complexity index is 621. The van der Waals surface area contributed by atoms with Crippen LogP contribution in [0.5, 0.6) is 5.75 Å². The third-order valence-corrected chi connectivity index (χ3v) is 2.46. The number of hydrogen-bond donors (Lipinski definition) is 2. The molecule has 2 aromatic rings. The van der Waals surface area contributed by atoms with Crippen LogP contribution in [-0.4, -0.2) is 12.6 Å². The van der Waals surface area contributed by atoms with Gasteiger partial charge in [0.1, 0.15) is 11.8 Å². The number of carbonyl (C=O) groups is 1. The molecule has 0 heterocycles. The van der Waals surface area contributed by atoms with Crippen LogP contribution in [0.25, 0.3) is 0 Å². The lowest BCUT2D eigenvalue weighted by Crippen LogP contribution is -2.19. The van der Waals surface area contributed by atoms with Crippen molar-refractivity contribution in [2.24, 2.45) is 0 Å². The molecule has 2 rings (SSSR count). The first-order valence-corrected chi connectivity index (χ1v) is 6.01. The van der Waals surface area contributed by atoms with Gasteiger partial charge < -0.3 is 15.4 Å². The molecule has 20 heavy (non-hydrogen) atoms. The molecule has 0 aromatic heterocycles. The van der Waals surface area contributed by atoms with Crippen LogP contribution >= 0.6 is 0 Å². The first-order chi connectivity index (χ1) is 9.79. The lowest BCUT2D eigenvalue weighted by atomic mass is 10.3. The quantitative estimate of drug-likeness (QED) is 0.893. The fraction of sp³-hybridized carbons (Fsp3) is 0.0667. The van der Waals surface area contributed by atoms with Crippen molar-refractivity contribution in [3.63, 3.8) is 0 Å². The van der Waals surface area contributed by atoms with Crippen molar-refractivity contribution in [3.8, 4) is 11.8 Å². The van der Waals surface area contributed by atoms with Crippen molar-refractivity contribution in [3.05, 3.63) is 54.6 Å². The summed E-state index contributed by atoms with van der Waals surface area (Å²) in [4.78, 5) is 11.9. The largest absolute Gasteiger partial charge is 0.477 e. The normalized spacial score (nSPS) is 9.35. The highest BCUT2D eigenvalue weighted by atomic mass is 16.5. The van der Waals surface area contributed by atoms with Gasteiger partial charge in [-0.05, 0) is 24.3 Å². The Kier molecular flexibility index (Phi) is 4.57. The summed E-state index contributed by atoms with van der Waals surface area (Å²) < 4.78 is 5.23. The van der Waals surface area contributed by atoms with Crippen LogP contribution in [0.2, 0.25) is 0 Å². The number of carbonyl (C=O) groups excluding carboxylic acids is 1. The second-order valence-corrected chi connectivity index (χ2v) is 3.89. The maximum atomic E-state index is 11.9. The molecule has 0 aliphatic heterocycles. The number of para-hydroxylation sites is 3. The van der Waals surface area contributed by atoms with Crippen LogP contribution < -0.4 is 15.4 Å². The van der Waals surface area contributed by atoms with Crippen LogP contribution in [0.1, 0.15) is 0 Å². The van der Waals surface area contributed by atoms with Crippen molar-refractivity contribution < 1.29 is 9.53 Å². The van der Waals surface area contributed by atoms with E-state index in [1.807, 2.05) is 24.3 Å².